The van der Waals surface area contributed by atoms with Crippen LogP contribution in [0, 0.1) is 0 Å². The summed E-state index contributed by atoms with van der Waals surface area (Å²) in [6.07, 6.45) is -0.834. The predicted molar refractivity (Wildman–Crippen MR) is 65.6 cm³/mol. The SMILES string of the molecule is CCC(=O)NC(C(=O)N[C@H](C)C(=O)NC)C(C)O. The molecule has 0 fully saturated rings. The lowest BCUT2D eigenvalue weighted by Gasteiger charge is -2.22. The molecule has 3 atom stereocenters. The second-order valence-electron chi connectivity index (χ2n) is 3.98. The van der Waals surface area contributed by atoms with E-state index in [1.165, 1.54) is 20.9 Å². The average molecular weight is 259 g/mol. The lowest BCUT2D eigenvalue weighted by molar-refractivity contribution is -0.133. The number of aliphatic hydroxyl groups is 1. The molecule has 3 amide bonds. The van der Waals surface area contributed by atoms with Crippen molar-refractivity contribution in [1.82, 2.24) is 16.0 Å². The molecular formula is C11H21N3O4. The molecule has 0 radical (unpaired) electrons. The quantitative estimate of drug-likeness (QED) is 0.466. The van der Waals surface area contributed by atoms with Gasteiger partial charge in [-0.3, -0.25) is 14.4 Å². The Bertz CT molecular complexity index is 317. The molecule has 0 spiro atoms. The number of aliphatic hydroxyl groups excluding tert-OH is 1. The topological polar surface area (TPSA) is 108 Å². The van der Waals surface area contributed by atoms with Crippen LogP contribution >= 0.6 is 0 Å². The lowest BCUT2D eigenvalue weighted by atomic mass is 10.1. The Labute approximate surface area is 106 Å². The van der Waals surface area contributed by atoms with Gasteiger partial charge in [0.1, 0.15) is 12.1 Å². The van der Waals surface area contributed by atoms with Crippen molar-refractivity contribution in [1.29, 1.82) is 0 Å². The smallest absolute Gasteiger partial charge is 0.245 e. The van der Waals surface area contributed by atoms with E-state index in [1.54, 1.807) is 6.92 Å². The highest BCUT2D eigenvalue weighted by atomic mass is 16.3. The molecule has 4 N–H and O–H groups in total. The van der Waals surface area contributed by atoms with Crippen molar-refractivity contribution in [2.45, 2.75) is 45.4 Å². The molecule has 0 aromatic carbocycles. The molecule has 7 nitrogen and oxygen atoms in total. The number of rotatable bonds is 6. The monoisotopic (exact) mass is 259 g/mol. The third-order valence-corrected chi connectivity index (χ3v) is 2.40. The van der Waals surface area contributed by atoms with Gasteiger partial charge in [0.25, 0.3) is 0 Å². The fraction of sp³-hybridized carbons (Fsp3) is 0.727. The van der Waals surface area contributed by atoms with Crippen molar-refractivity contribution in [2.75, 3.05) is 7.05 Å². The van der Waals surface area contributed by atoms with E-state index in [1.807, 2.05) is 0 Å². The van der Waals surface area contributed by atoms with Crippen molar-refractivity contribution in [3.8, 4) is 0 Å². The second kappa shape index (κ2) is 7.65. The van der Waals surface area contributed by atoms with E-state index in [4.69, 9.17) is 0 Å². The molecule has 0 saturated carbocycles. The molecule has 0 aliphatic rings. The van der Waals surface area contributed by atoms with E-state index < -0.39 is 24.1 Å². The summed E-state index contributed by atoms with van der Waals surface area (Å²) >= 11 is 0. The van der Waals surface area contributed by atoms with Gasteiger partial charge in [-0.25, -0.2) is 0 Å². The van der Waals surface area contributed by atoms with Crippen LogP contribution in [0.2, 0.25) is 0 Å². The zero-order valence-corrected chi connectivity index (χ0v) is 11.1. The highest BCUT2D eigenvalue weighted by Gasteiger charge is 2.27. The van der Waals surface area contributed by atoms with Crippen LogP contribution < -0.4 is 16.0 Å². The third kappa shape index (κ3) is 5.13. The van der Waals surface area contributed by atoms with Gasteiger partial charge in [-0.1, -0.05) is 6.92 Å². The maximum atomic E-state index is 11.8. The number of likely N-dealkylation sites (N-methyl/N-ethyl adjacent to an activating group) is 1. The summed E-state index contributed by atoms with van der Waals surface area (Å²) in [5, 5.41) is 16.7. The zero-order valence-electron chi connectivity index (χ0n) is 11.1. The summed E-state index contributed by atoms with van der Waals surface area (Å²) in [6.45, 7) is 4.54. The van der Waals surface area contributed by atoms with Gasteiger partial charge < -0.3 is 21.1 Å². The number of carbonyl (C=O) groups is 3. The Hall–Kier alpha value is -1.63. The van der Waals surface area contributed by atoms with Gasteiger partial charge in [0.15, 0.2) is 0 Å². The summed E-state index contributed by atoms with van der Waals surface area (Å²) in [7, 11) is 1.45. The first-order valence-corrected chi connectivity index (χ1v) is 5.82. The van der Waals surface area contributed by atoms with E-state index >= 15 is 0 Å². The van der Waals surface area contributed by atoms with Crippen LogP contribution in [-0.2, 0) is 14.4 Å². The van der Waals surface area contributed by atoms with E-state index in [0.29, 0.717) is 0 Å². The molecule has 0 rings (SSSR count). The first kappa shape index (κ1) is 16.4. The minimum Gasteiger partial charge on any atom is -0.391 e. The third-order valence-electron chi connectivity index (χ3n) is 2.40. The Kier molecular flexibility index (Phi) is 6.96. The van der Waals surface area contributed by atoms with Crippen LogP contribution in [-0.4, -0.2) is 48.1 Å². The summed E-state index contributed by atoms with van der Waals surface area (Å²) < 4.78 is 0. The van der Waals surface area contributed by atoms with Gasteiger partial charge in [-0.05, 0) is 13.8 Å². The van der Waals surface area contributed by atoms with Crippen LogP contribution in [0.4, 0.5) is 0 Å². The average Bonchev–Trinajstić information content (AvgIpc) is 2.33. The molecule has 2 unspecified atom stereocenters. The molecule has 0 bridgehead atoms. The molecule has 0 saturated heterocycles. The van der Waals surface area contributed by atoms with Crippen molar-refractivity contribution >= 4 is 17.7 Å². The van der Waals surface area contributed by atoms with Gasteiger partial charge in [-0.15, -0.1) is 0 Å². The summed E-state index contributed by atoms with van der Waals surface area (Å²) in [5.41, 5.74) is 0. The van der Waals surface area contributed by atoms with Crippen LogP contribution in [0.3, 0.4) is 0 Å². The summed E-state index contributed by atoms with van der Waals surface area (Å²) in [5.74, 6) is -1.29. The maximum Gasteiger partial charge on any atom is 0.245 e. The first-order chi connectivity index (χ1) is 8.33. The lowest BCUT2D eigenvalue weighted by Crippen LogP contribution is -2.56. The van der Waals surface area contributed by atoms with Crippen molar-refractivity contribution < 1.29 is 19.5 Å². The van der Waals surface area contributed by atoms with E-state index in [0.717, 1.165) is 0 Å². The number of carbonyl (C=O) groups excluding carboxylic acids is 3. The summed E-state index contributed by atoms with van der Waals surface area (Å²) in [6, 6.07) is -1.80. The van der Waals surface area contributed by atoms with Crippen molar-refractivity contribution in [3.63, 3.8) is 0 Å². The normalized spacial score (nSPS) is 15.2. The number of nitrogens with one attached hydrogen (secondary N) is 3. The Morgan fingerprint density at radius 2 is 1.67 bits per heavy atom. The molecule has 7 heteroatoms. The number of amides is 3. The highest BCUT2D eigenvalue weighted by Crippen LogP contribution is 1.96. The molecule has 0 aromatic heterocycles. The molecular weight excluding hydrogens is 238 g/mol. The van der Waals surface area contributed by atoms with Crippen LogP contribution in [0.15, 0.2) is 0 Å². The molecule has 0 aliphatic heterocycles. The Morgan fingerprint density at radius 3 is 2.06 bits per heavy atom. The first-order valence-electron chi connectivity index (χ1n) is 5.82. The van der Waals surface area contributed by atoms with Gasteiger partial charge >= 0.3 is 0 Å². The fourth-order valence-electron chi connectivity index (χ4n) is 1.27. The Balaban J connectivity index is 4.58. The molecule has 0 aliphatic carbocycles. The fourth-order valence-corrected chi connectivity index (χ4v) is 1.27. The molecule has 18 heavy (non-hydrogen) atoms. The minimum absolute atomic E-state index is 0.210. The largest absolute Gasteiger partial charge is 0.391 e. The van der Waals surface area contributed by atoms with Crippen molar-refractivity contribution in [2.24, 2.45) is 0 Å². The predicted octanol–water partition coefficient (Wildman–Crippen LogP) is -1.49. The number of hydrogen-bond donors (Lipinski definition) is 4. The zero-order chi connectivity index (χ0) is 14.3. The van der Waals surface area contributed by atoms with Crippen molar-refractivity contribution in [3.05, 3.63) is 0 Å². The van der Waals surface area contributed by atoms with E-state index in [-0.39, 0.29) is 18.2 Å². The van der Waals surface area contributed by atoms with Gasteiger partial charge in [0.05, 0.1) is 6.10 Å². The van der Waals surface area contributed by atoms with Crippen LogP contribution in [0.1, 0.15) is 27.2 Å². The second-order valence-corrected chi connectivity index (χ2v) is 3.98. The maximum absolute atomic E-state index is 11.8. The van der Waals surface area contributed by atoms with Gasteiger partial charge in [0, 0.05) is 13.5 Å². The van der Waals surface area contributed by atoms with E-state index in [2.05, 4.69) is 16.0 Å². The van der Waals surface area contributed by atoms with Gasteiger partial charge in [-0.2, -0.15) is 0 Å². The van der Waals surface area contributed by atoms with Crippen LogP contribution in [0.5, 0.6) is 0 Å². The summed E-state index contributed by atoms with van der Waals surface area (Å²) in [4.78, 5) is 34.3. The van der Waals surface area contributed by atoms with Gasteiger partial charge in [0.2, 0.25) is 17.7 Å². The molecule has 104 valence electrons. The molecule has 0 heterocycles. The molecule has 0 aromatic rings. The standard InChI is InChI=1S/C11H21N3O4/c1-5-8(16)14-9(7(3)15)11(18)13-6(2)10(17)12-4/h6-7,9,15H,5H2,1-4H3,(H,12,17)(H,13,18)(H,14,16)/t6-,7?,9?/m1/s1. The highest BCUT2D eigenvalue weighted by molar-refractivity contribution is 5.92. The Morgan fingerprint density at radius 1 is 1.11 bits per heavy atom. The number of hydrogen-bond acceptors (Lipinski definition) is 4. The van der Waals surface area contributed by atoms with E-state index in [9.17, 15) is 19.5 Å². The van der Waals surface area contributed by atoms with Crippen LogP contribution in [0.25, 0.3) is 0 Å². The minimum atomic E-state index is -1.07.